The lowest BCUT2D eigenvalue weighted by Crippen LogP contribution is -2.54. The predicted molar refractivity (Wildman–Crippen MR) is 105 cm³/mol. The molecule has 1 amide bonds. The van der Waals surface area contributed by atoms with Gasteiger partial charge in [0, 0.05) is 18.6 Å². The molecule has 4 rings (SSSR count). The molecule has 28 heavy (non-hydrogen) atoms. The van der Waals surface area contributed by atoms with Crippen molar-refractivity contribution in [2.75, 3.05) is 13.7 Å². The van der Waals surface area contributed by atoms with E-state index in [2.05, 4.69) is 32.2 Å². The van der Waals surface area contributed by atoms with Crippen molar-refractivity contribution in [2.45, 2.75) is 101 Å². The van der Waals surface area contributed by atoms with E-state index in [0.29, 0.717) is 0 Å². The topological polar surface area (TPSA) is 72.6 Å². The van der Waals surface area contributed by atoms with Gasteiger partial charge in [-0.25, -0.2) is 4.79 Å². The van der Waals surface area contributed by atoms with Crippen LogP contribution in [0, 0.1) is 5.92 Å². The maximum atomic E-state index is 12.6. The number of methoxy groups -OCH3 is 1. The summed E-state index contributed by atoms with van der Waals surface area (Å²) in [5, 5.41) is 3.10. The number of ether oxygens (including phenoxy) is 4. The second-order valence-corrected chi connectivity index (χ2v) is 9.61. The molecule has 1 spiro atoms. The van der Waals surface area contributed by atoms with Crippen molar-refractivity contribution in [1.29, 1.82) is 0 Å². The van der Waals surface area contributed by atoms with Crippen molar-refractivity contribution in [2.24, 2.45) is 5.92 Å². The van der Waals surface area contributed by atoms with E-state index in [0.717, 1.165) is 51.6 Å². The largest absolute Gasteiger partial charge is 0.443 e. The van der Waals surface area contributed by atoms with Crippen LogP contribution in [-0.2, 0) is 18.9 Å². The Morgan fingerprint density at radius 2 is 1.96 bits per heavy atom. The van der Waals surface area contributed by atoms with E-state index in [9.17, 15) is 4.79 Å². The normalized spacial score (nSPS) is 40.8. The lowest BCUT2D eigenvalue weighted by molar-refractivity contribution is -0.106. The van der Waals surface area contributed by atoms with E-state index in [-0.39, 0.29) is 47.6 Å². The lowest BCUT2D eigenvalue weighted by atomic mass is 9.73. The van der Waals surface area contributed by atoms with Crippen LogP contribution in [0.1, 0.15) is 65.7 Å². The van der Waals surface area contributed by atoms with Crippen molar-refractivity contribution in [1.82, 2.24) is 5.32 Å². The minimum Gasteiger partial charge on any atom is -0.443 e. The molecule has 2 saturated heterocycles. The summed E-state index contributed by atoms with van der Waals surface area (Å²) in [6.07, 6.45) is 8.71. The highest BCUT2D eigenvalue weighted by Gasteiger charge is 2.66. The first-order valence-electron chi connectivity index (χ1n) is 10.8. The zero-order valence-electron chi connectivity index (χ0n) is 17.7. The zero-order chi connectivity index (χ0) is 19.9. The Bertz CT molecular complexity index is 618. The molecule has 4 aliphatic rings. The van der Waals surface area contributed by atoms with Crippen molar-refractivity contribution >= 4 is 6.09 Å². The molecule has 6 nitrogen and oxygen atoms in total. The van der Waals surface area contributed by atoms with E-state index >= 15 is 0 Å². The SMILES string of the molecule is COC1C(OC(=O)NC2(C)CCCC2)CCC2(CO2)C1C1O[C@@H]1CC=C(C)C. The van der Waals surface area contributed by atoms with Crippen LogP contribution in [0.3, 0.4) is 0 Å². The first-order chi connectivity index (χ1) is 13.4. The highest BCUT2D eigenvalue weighted by molar-refractivity contribution is 5.68. The molecule has 4 fully saturated rings. The summed E-state index contributed by atoms with van der Waals surface area (Å²) in [6, 6.07) is 0. The number of carbonyl (C=O) groups excluding carboxylic acids is 1. The molecule has 2 saturated carbocycles. The molecule has 2 aliphatic heterocycles. The Morgan fingerprint density at radius 3 is 2.57 bits per heavy atom. The van der Waals surface area contributed by atoms with Crippen LogP contribution < -0.4 is 5.32 Å². The standard InChI is InChI=1S/C22H35NO5/c1-14(2)7-8-15-19(27-15)17-18(25-4)16(9-12-22(17)13-26-22)28-20(24)23-21(3)10-5-6-11-21/h7,15-19H,5-6,8-13H2,1-4H3,(H,23,24)/t15-,16?,17?,18?,19?,22?/m1/s1. The molecular formula is C22H35NO5. The lowest BCUT2D eigenvalue weighted by Gasteiger charge is -2.40. The van der Waals surface area contributed by atoms with Gasteiger partial charge in [-0.15, -0.1) is 0 Å². The van der Waals surface area contributed by atoms with Gasteiger partial charge in [-0.3, -0.25) is 0 Å². The first-order valence-corrected chi connectivity index (χ1v) is 10.8. The van der Waals surface area contributed by atoms with Crippen molar-refractivity contribution in [3.8, 4) is 0 Å². The number of carbonyl (C=O) groups is 1. The molecule has 158 valence electrons. The van der Waals surface area contributed by atoms with Gasteiger partial charge in [-0.2, -0.15) is 0 Å². The number of epoxide rings is 2. The van der Waals surface area contributed by atoms with Crippen LogP contribution in [-0.4, -0.2) is 55.4 Å². The molecule has 0 aromatic rings. The summed E-state index contributed by atoms with van der Waals surface area (Å²) in [4.78, 5) is 12.6. The third-order valence-electron chi connectivity index (χ3n) is 7.07. The molecule has 5 unspecified atom stereocenters. The molecule has 6 atom stereocenters. The average Bonchev–Trinajstić information content (AvgIpc) is 3.54. The molecule has 1 N–H and O–H groups in total. The second kappa shape index (κ2) is 7.62. The van der Waals surface area contributed by atoms with Gasteiger partial charge < -0.3 is 24.3 Å². The number of alkyl carbamates (subject to hydrolysis) is 1. The third kappa shape index (κ3) is 4.10. The van der Waals surface area contributed by atoms with E-state index in [1.165, 1.54) is 5.57 Å². The van der Waals surface area contributed by atoms with Crippen LogP contribution >= 0.6 is 0 Å². The van der Waals surface area contributed by atoms with E-state index in [4.69, 9.17) is 18.9 Å². The molecule has 0 aromatic heterocycles. The average molecular weight is 394 g/mol. The van der Waals surface area contributed by atoms with E-state index in [1.807, 2.05) is 0 Å². The van der Waals surface area contributed by atoms with Gasteiger partial charge in [0.2, 0.25) is 0 Å². The van der Waals surface area contributed by atoms with Gasteiger partial charge in [-0.1, -0.05) is 24.5 Å². The molecule has 0 bridgehead atoms. The number of nitrogens with one attached hydrogen (secondary N) is 1. The summed E-state index contributed by atoms with van der Waals surface area (Å²) in [5.41, 5.74) is 1.01. The quantitative estimate of drug-likeness (QED) is 0.550. The third-order valence-corrected chi connectivity index (χ3v) is 7.07. The maximum absolute atomic E-state index is 12.6. The van der Waals surface area contributed by atoms with Gasteiger partial charge in [0.05, 0.1) is 24.4 Å². The molecule has 0 radical (unpaired) electrons. The fourth-order valence-electron chi connectivity index (χ4n) is 5.30. The fourth-order valence-corrected chi connectivity index (χ4v) is 5.30. The van der Waals surface area contributed by atoms with E-state index < -0.39 is 0 Å². The van der Waals surface area contributed by atoms with Gasteiger partial charge in [0.1, 0.15) is 12.2 Å². The number of hydrogen-bond acceptors (Lipinski definition) is 5. The minimum absolute atomic E-state index is 0.113. The van der Waals surface area contributed by atoms with Gasteiger partial charge >= 0.3 is 6.09 Å². The van der Waals surface area contributed by atoms with Crippen LogP contribution in [0.4, 0.5) is 4.79 Å². The monoisotopic (exact) mass is 393 g/mol. The van der Waals surface area contributed by atoms with Crippen LogP contribution in [0.2, 0.25) is 0 Å². The Labute approximate surface area is 168 Å². The summed E-state index contributed by atoms with van der Waals surface area (Å²) in [7, 11) is 1.71. The number of rotatable bonds is 6. The molecule has 2 aliphatic carbocycles. The van der Waals surface area contributed by atoms with Crippen molar-refractivity contribution < 1.29 is 23.7 Å². The van der Waals surface area contributed by atoms with Crippen LogP contribution in [0.5, 0.6) is 0 Å². The molecule has 2 heterocycles. The summed E-state index contributed by atoms with van der Waals surface area (Å²) in [5.74, 6) is 0.113. The van der Waals surface area contributed by atoms with E-state index in [1.54, 1.807) is 7.11 Å². The number of allylic oxidation sites excluding steroid dienone is 1. The minimum atomic E-state index is -0.319. The molecule has 6 heteroatoms. The summed E-state index contributed by atoms with van der Waals surface area (Å²) >= 11 is 0. The highest BCUT2D eigenvalue weighted by Crippen LogP contribution is 2.54. The Kier molecular flexibility index (Phi) is 5.49. The van der Waals surface area contributed by atoms with Crippen LogP contribution in [0.15, 0.2) is 11.6 Å². The summed E-state index contributed by atoms with van der Waals surface area (Å²) in [6.45, 7) is 7.07. The highest BCUT2D eigenvalue weighted by atomic mass is 16.6. The number of amides is 1. The Balaban J connectivity index is 1.40. The van der Waals surface area contributed by atoms with Crippen molar-refractivity contribution in [3.63, 3.8) is 0 Å². The van der Waals surface area contributed by atoms with Crippen molar-refractivity contribution in [3.05, 3.63) is 11.6 Å². The Hall–Kier alpha value is -1.11. The van der Waals surface area contributed by atoms with Gasteiger partial charge in [-0.05, 0) is 52.9 Å². The summed E-state index contributed by atoms with van der Waals surface area (Å²) < 4.78 is 23.7. The smallest absolute Gasteiger partial charge is 0.407 e. The fraction of sp³-hybridized carbons (Fsp3) is 0.864. The molecule has 0 aromatic carbocycles. The zero-order valence-corrected chi connectivity index (χ0v) is 17.7. The maximum Gasteiger partial charge on any atom is 0.407 e. The first kappa shape index (κ1) is 20.2. The second-order valence-electron chi connectivity index (χ2n) is 9.61. The van der Waals surface area contributed by atoms with Crippen LogP contribution in [0.25, 0.3) is 0 Å². The molecular weight excluding hydrogens is 358 g/mol. The Morgan fingerprint density at radius 1 is 1.25 bits per heavy atom. The van der Waals surface area contributed by atoms with Gasteiger partial charge in [0.25, 0.3) is 0 Å². The predicted octanol–water partition coefficient (Wildman–Crippen LogP) is 3.73. The van der Waals surface area contributed by atoms with Gasteiger partial charge in [0.15, 0.2) is 0 Å². The number of hydrogen-bond donors (Lipinski definition) is 1.